The van der Waals surface area contributed by atoms with Gasteiger partial charge in [0.15, 0.2) is 11.6 Å². The van der Waals surface area contributed by atoms with Gasteiger partial charge in [-0.3, -0.25) is 0 Å². The minimum absolute atomic E-state index is 0.340. The molecule has 0 radical (unpaired) electrons. The molecular formula is C12H16N4S. The predicted octanol–water partition coefficient (Wildman–Crippen LogP) is 2.19. The molecule has 0 aliphatic rings. The molecule has 0 spiro atoms. The molecule has 2 aromatic heterocycles. The van der Waals surface area contributed by atoms with Crippen molar-refractivity contribution in [3.8, 4) is 0 Å². The first-order chi connectivity index (χ1) is 8.18. The Balaban J connectivity index is 2.09. The highest BCUT2D eigenvalue weighted by molar-refractivity contribution is 7.09. The van der Waals surface area contributed by atoms with Gasteiger partial charge >= 0.3 is 0 Å². The summed E-state index contributed by atoms with van der Waals surface area (Å²) in [5.74, 6) is 1.23. The third-order valence-electron chi connectivity index (χ3n) is 2.78. The minimum Gasteiger partial charge on any atom is -0.381 e. The van der Waals surface area contributed by atoms with Crippen LogP contribution in [0.5, 0.6) is 0 Å². The zero-order chi connectivity index (χ0) is 12.3. The van der Waals surface area contributed by atoms with E-state index in [1.807, 2.05) is 7.05 Å². The third-order valence-corrected chi connectivity index (χ3v) is 3.68. The van der Waals surface area contributed by atoms with Gasteiger partial charge in [0.05, 0.1) is 0 Å². The number of nitrogen functional groups attached to an aromatic ring is 1. The van der Waals surface area contributed by atoms with Crippen molar-refractivity contribution in [2.45, 2.75) is 19.4 Å². The Morgan fingerprint density at radius 1 is 1.41 bits per heavy atom. The van der Waals surface area contributed by atoms with Crippen LogP contribution in [0.25, 0.3) is 0 Å². The quantitative estimate of drug-likeness (QED) is 0.901. The number of nitrogens with zero attached hydrogens (tertiary/aromatic N) is 3. The maximum Gasteiger partial charge on any atom is 0.171 e. The smallest absolute Gasteiger partial charge is 0.171 e. The van der Waals surface area contributed by atoms with Crippen LogP contribution < -0.4 is 10.6 Å². The molecule has 4 nitrogen and oxygen atoms in total. The lowest BCUT2D eigenvalue weighted by Gasteiger charge is -2.26. The summed E-state index contributed by atoms with van der Waals surface area (Å²) in [7, 11) is 2.00. The van der Waals surface area contributed by atoms with Gasteiger partial charge in [-0.2, -0.15) is 0 Å². The third kappa shape index (κ3) is 2.74. The van der Waals surface area contributed by atoms with Gasteiger partial charge in [-0.1, -0.05) is 6.07 Å². The van der Waals surface area contributed by atoms with E-state index >= 15 is 0 Å². The van der Waals surface area contributed by atoms with E-state index in [4.69, 9.17) is 5.73 Å². The normalized spacial score (nSPS) is 12.4. The molecule has 0 saturated carbocycles. The highest BCUT2D eigenvalue weighted by Gasteiger charge is 2.15. The molecule has 0 saturated heterocycles. The molecule has 2 aromatic rings. The lowest BCUT2D eigenvalue weighted by Crippen LogP contribution is -2.32. The topological polar surface area (TPSA) is 55.0 Å². The van der Waals surface area contributed by atoms with Crippen molar-refractivity contribution in [2.75, 3.05) is 17.7 Å². The van der Waals surface area contributed by atoms with Crippen LogP contribution in [0.15, 0.2) is 29.9 Å². The van der Waals surface area contributed by atoms with E-state index in [1.165, 1.54) is 4.88 Å². The second-order valence-electron chi connectivity index (χ2n) is 4.01. The monoisotopic (exact) mass is 248 g/mol. The second-order valence-corrected chi connectivity index (χ2v) is 5.04. The van der Waals surface area contributed by atoms with E-state index < -0.39 is 0 Å². The largest absolute Gasteiger partial charge is 0.381 e. The van der Waals surface area contributed by atoms with Gasteiger partial charge in [-0.25, -0.2) is 9.97 Å². The van der Waals surface area contributed by atoms with Crippen LogP contribution in [0, 0.1) is 0 Å². The molecule has 0 aliphatic carbocycles. The Hall–Kier alpha value is -1.62. The van der Waals surface area contributed by atoms with Crippen LogP contribution in [0.4, 0.5) is 11.6 Å². The lowest BCUT2D eigenvalue weighted by atomic mass is 10.2. The van der Waals surface area contributed by atoms with Crippen molar-refractivity contribution in [2.24, 2.45) is 0 Å². The van der Waals surface area contributed by atoms with Gasteiger partial charge in [0, 0.05) is 36.8 Å². The highest BCUT2D eigenvalue weighted by Crippen LogP contribution is 2.20. The molecule has 2 N–H and O–H groups in total. The number of hydrogen-bond acceptors (Lipinski definition) is 5. The van der Waals surface area contributed by atoms with Crippen LogP contribution in [-0.4, -0.2) is 23.1 Å². The summed E-state index contributed by atoms with van der Waals surface area (Å²) in [4.78, 5) is 11.8. The Morgan fingerprint density at radius 2 is 2.18 bits per heavy atom. The predicted molar refractivity (Wildman–Crippen MR) is 72.3 cm³/mol. The number of rotatable bonds is 4. The van der Waals surface area contributed by atoms with Gasteiger partial charge in [-0.15, -0.1) is 11.3 Å². The van der Waals surface area contributed by atoms with E-state index in [9.17, 15) is 0 Å². The fourth-order valence-corrected chi connectivity index (χ4v) is 2.51. The summed E-state index contributed by atoms with van der Waals surface area (Å²) >= 11 is 1.77. The standard InChI is InChI=1S/C12H16N4S/c1-9(8-10-4-3-7-17-10)16(2)12-11(13)14-5-6-15-12/h3-7,9H,8H2,1-2H3,(H2,13,14). The first-order valence-corrected chi connectivity index (χ1v) is 6.38. The van der Waals surface area contributed by atoms with E-state index in [0.29, 0.717) is 11.9 Å². The zero-order valence-corrected chi connectivity index (χ0v) is 10.8. The average Bonchev–Trinajstić information content (AvgIpc) is 2.81. The fourth-order valence-electron chi connectivity index (χ4n) is 1.68. The molecule has 1 unspecified atom stereocenters. The van der Waals surface area contributed by atoms with Gasteiger partial charge < -0.3 is 10.6 Å². The Bertz CT molecular complexity index is 469. The SMILES string of the molecule is CC(Cc1cccs1)N(C)c1nccnc1N. The van der Waals surface area contributed by atoms with Crippen molar-refractivity contribution >= 4 is 23.0 Å². The van der Waals surface area contributed by atoms with Gasteiger partial charge in [-0.05, 0) is 18.4 Å². The molecule has 0 aliphatic heterocycles. The molecule has 0 fully saturated rings. The number of thiophene rings is 1. The molecule has 2 heterocycles. The van der Waals surface area contributed by atoms with Crippen molar-refractivity contribution in [1.29, 1.82) is 0 Å². The summed E-state index contributed by atoms with van der Waals surface area (Å²) in [6, 6.07) is 4.56. The Kier molecular flexibility index (Phi) is 3.58. The second kappa shape index (κ2) is 5.14. The lowest BCUT2D eigenvalue weighted by molar-refractivity contribution is 0.680. The highest BCUT2D eigenvalue weighted by atomic mass is 32.1. The maximum atomic E-state index is 5.82. The van der Waals surface area contributed by atoms with E-state index in [0.717, 1.165) is 12.2 Å². The molecule has 2 rings (SSSR count). The first kappa shape index (κ1) is 11.9. The maximum absolute atomic E-state index is 5.82. The van der Waals surface area contributed by atoms with Gasteiger partial charge in [0.1, 0.15) is 0 Å². The van der Waals surface area contributed by atoms with Crippen LogP contribution in [0.1, 0.15) is 11.8 Å². The van der Waals surface area contributed by atoms with Crippen molar-refractivity contribution < 1.29 is 0 Å². The van der Waals surface area contributed by atoms with Crippen LogP contribution >= 0.6 is 11.3 Å². The molecule has 1 atom stereocenters. The van der Waals surface area contributed by atoms with Crippen LogP contribution in [-0.2, 0) is 6.42 Å². The van der Waals surface area contributed by atoms with Crippen molar-refractivity contribution in [3.63, 3.8) is 0 Å². The summed E-state index contributed by atoms with van der Waals surface area (Å²) in [5.41, 5.74) is 5.82. The van der Waals surface area contributed by atoms with Crippen LogP contribution in [0.2, 0.25) is 0 Å². The Labute approximate surface area is 105 Å². The average molecular weight is 248 g/mol. The summed E-state index contributed by atoms with van der Waals surface area (Å²) in [5, 5.41) is 2.10. The van der Waals surface area contributed by atoms with E-state index in [-0.39, 0.29) is 0 Å². The number of nitrogens with two attached hydrogens (primary N) is 1. The molecular weight excluding hydrogens is 232 g/mol. The first-order valence-electron chi connectivity index (χ1n) is 5.50. The number of hydrogen-bond donors (Lipinski definition) is 1. The zero-order valence-electron chi connectivity index (χ0n) is 10.00. The molecule has 17 heavy (non-hydrogen) atoms. The molecule has 5 heteroatoms. The fraction of sp³-hybridized carbons (Fsp3) is 0.333. The summed E-state index contributed by atoms with van der Waals surface area (Å²) < 4.78 is 0. The minimum atomic E-state index is 0.340. The van der Waals surface area contributed by atoms with E-state index in [1.54, 1.807) is 23.7 Å². The van der Waals surface area contributed by atoms with Crippen LogP contribution in [0.3, 0.4) is 0 Å². The Morgan fingerprint density at radius 3 is 2.82 bits per heavy atom. The van der Waals surface area contributed by atoms with Crippen molar-refractivity contribution in [1.82, 2.24) is 9.97 Å². The summed E-state index contributed by atoms with van der Waals surface area (Å²) in [6.45, 7) is 2.16. The molecule has 0 amide bonds. The number of likely N-dealkylation sites (N-methyl/N-ethyl adjacent to an activating group) is 1. The number of anilines is 2. The summed E-state index contributed by atoms with van der Waals surface area (Å²) in [6.07, 6.45) is 4.26. The van der Waals surface area contributed by atoms with Crippen molar-refractivity contribution in [3.05, 3.63) is 34.8 Å². The molecule has 0 bridgehead atoms. The molecule has 90 valence electrons. The van der Waals surface area contributed by atoms with Gasteiger partial charge in [0.25, 0.3) is 0 Å². The van der Waals surface area contributed by atoms with Gasteiger partial charge in [0.2, 0.25) is 0 Å². The molecule has 0 aromatic carbocycles. The van der Waals surface area contributed by atoms with E-state index in [2.05, 4.69) is 39.3 Å². The number of aromatic nitrogens is 2.